The molecule has 26 heavy (non-hydrogen) atoms. The van der Waals surface area contributed by atoms with Crippen LogP contribution in [-0.4, -0.2) is 29.9 Å². The number of hydrogen-bond acceptors (Lipinski definition) is 3. The fourth-order valence-electron chi connectivity index (χ4n) is 3.45. The Morgan fingerprint density at radius 2 is 1.35 bits per heavy atom. The van der Waals surface area contributed by atoms with Crippen LogP contribution >= 0.6 is 0 Å². The number of hydrogen-bond donors (Lipinski definition) is 2. The van der Waals surface area contributed by atoms with Crippen LogP contribution in [0.2, 0.25) is 0 Å². The molecule has 2 atom stereocenters. The first-order chi connectivity index (χ1) is 12.7. The van der Waals surface area contributed by atoms with E-state index in [4.69, 9.17) is 0 Å². The minimum atomic E-state index is -0.167. The summed E-state index contributed by atoms with van der Waals surface area (Å²) in [7, 11) is 0. The van der Waals surface area contributed by atoms with Crippen LogP contribution in [0.1, 0.15) is 59.2 Å². The molecule has 0 radical (unpaired) electrons. The van der Waals surface area contributed by atoms with E-state index in [9.17, 15) is 9.59 Å². The van der Waals surface area contributed by atoms with Crippen LogP contribution in [0.15, 0.2) is 42.8 Å². The smallest absolute Gasteiger partial charge is 0.252 e. The van der Waals surface area contributed by atoms with Crippen molar-refractivity contribution in [3.63, 3.8) is 0 Å². The van der Waals surface area contributed by atoms with Crippen molar-refractivity contribution in [1.29, 1.82) is 0 Å². The lowest BCUT2D eigenvalue weighted by Gasteiger charge is -2.18. The first kappa shape index (κ1) is 18.4. The van der Waals surface area contributed by atoms with Gasteiger partial charge in [-0.15, -0.1) is 0 Å². The molecule has 0 spiro atoms. The van der Waals surface area contributed by atoms with Crippen molar-refractivity contribution in [2.75, 3.05) is 13.1 Å². The van der Waals surface area contributed by atoms with Gasteiger partial charge in [-0.2, -0.15) is 0 Å². The van der Waals surface area contributed by atoms with E-state index in [2.05, 4.69) is 39.9 Å². The number of carbonyl (C=O) groups is 2. The molecule has 1 aromatic heterocycles. The second-order valence-corrected chi connectivity index (χ2v) is 7.18. The van der Waals surface area contributed by atoms with Gasteiger partial charge >= 0.3 is 0 Å². The van der Waals surface area contributed by atoms with Crippen molar-refractivity contribution in [3.8, 4) is 0 Å². The van der Waals surface area contributed by atoms with E-state index in [1.54, 1.807) is 6.07 Å². The summed E-state index contributed by atoms with van der Waals surface area (Å²) in [4.78, 5) is 28.8. The molecule has 0 saturated carbocycles. The van der Waals surface area contributed by atoms with E-state index in [-0.39, 0.29) is 11.8 Å². The zero-order valence-electron chi connectivity index (χ0n) is 15.1. The third-order valence-electron chi connectivity index (χ3n) is 5.12. The molecule has 0 aromatic carbocycles. The number of aromatic nitrogens is 1. The Morgan fingerprint density at radius 1 is 0.846 bits per heavy atom. The van der Waals surface area contributed by atoms with Crippen molar-refractivity contribution in [2.24, 2.45) is 11.8 Å². The predicted octanol–water partition coefficient (Wildman–Crippen LogP) is 3.25. The van der Waals surface area contributed by atoms with E-state index in [0.717, 1.165) is 38.5 Å². The van der Waals surface area contributed by atoms with Crippen molar-refractivity contribution in [3.05, 3.63) is 53.9 Å². The zero-order chi connectivity index (χ0) is 18.2. The average molecular weight is 353 g/mol. The SMILES string of the molecule is O=C(NC[C@@H]1CC=CCC1)c1cncc(C(=O)NC[C@H]2CC=CCC2)c1. The molecule has 5 nitrogen and oxygen atoms in total. The molecule has 0 aliphatic heterocycles. The van der Waals surface area contributed by atoms with Crippen LogP contribution < -0.4 is 10.6 Å². The van der Waals surface area contributed by atoms with Crippen molar-refractivity contribution < 1.29 is 9.59 Å². The number of carbonyl (C=O) groups excluding carboxylic acids is 2. The van der Waals surface area contributed by atoms with Crippen molar-refractivity contribution in [1.82, 2.24) is 15.6 Å². The van der Waals surface area contributed by atoms with Crippen LogP contribution in [0.4, 0.5) is 0 Å². The van der Waals surface area contributed by atoms with Gasteiger partial charge in [0.2, 0.25) is 0 Å². The van der Waals surface area contributed by atoms with Crippen LogP contribution in [0, 0.1) is 11.8 Å². The van der Waals surface area contributed by atoms with Gasteiger partial charge in [-0.3, -0.25) is 14.6 Å². The molecule has 0 saturated heterocycles. The third kappa shape index (κ3) is 5.28. The Balaban J connectivity index is 1.51. The summed E-state index contributed by atoms with van der Waals surface area (Å²) in [6, 6.07) is 1.62. The lowest BCUT2D eigenvalue weighted by molar-refractivity contribution is 0.0945. The minimum Gasteiger partial charge on any atom is -0.352 e. The fraction of sp³-hybridized carbons (Fsp3) is 0.476. The molecule has 2 N–H and O–H groups in total. The van der Waals surface area contributed by atoms with Gasteiger partial charge in [0, 0.05) is 25.5 Å². The number of nitrogens with zero attached hydrogens (tertiary/aromatic N) is 1. The maximum absolute atomic E-state index is 12.4. The Labute approximate surface area is 155 Å². The molecular weight excluding hydrogens is 326 g/mol. The lowest BCUT2D eigenvalue weighted by atomic mass is 9.94. The number of rotatable bonds is 6. The summed E-state index contributed by atoms with van der Waals surface area (Å²) in [6.45, 7) is 1.32. The minimum absolute atomic E-state index is 0.167. The molecule has 5 heteroatoms. The van der Waals surface area contributed by atoms with Crippen molar-refractivity contribution >= 4 is 11.8 Å². The summed E-state index contributed by atoms with van der Waals surface area (Å²) >= 11 is 0. The van der Waals surface area contributed by atoms with E-state index in [1.165, 1.54) is 12.4 Å². The highest BCUT2D eigenvalue weighted by Crippen LogP contribution is 2.18. The second-order valence-electron chi connectivity index (χ2n) is 7.18. The Morgan fingerprint density at radius 3 is 1.77 bits per heavy atom. The monoisotopic (exact) mass is 353 g/mol. The molecular formula is C21H27N3O2. The highest BCUT2D eigenvalue weighted by atomic mass is 16.2. The predicted molar refractivity (Wildman–Crippen MR) is 102 cm³/mol. The molecule has 1 aromatic rings. The Kier molecular flexibility index (Phi) is 6.58. The largest absolute Gasteiger partial charge is 0.352 e. The van der Waals surface area contributed by atoms with E-state index >= 15 is 0 Å². The number of pyridine rings is 1. The topological polar surface area (TPSA) is 71.1 Å². The molecule has 0 fully saturated rings. The van der Waals surface area contributed by atoms with Gasteiger partial charge in [-0.05, 0) is 56.4 Å². The third-order valence-corrected chi connectivity index (χ3v) is 5.12. The molecule has 0 unspecified atom stereocenters. The van der Waals surface area contributed by atoms with E-state index in [0.29, 0.717) is 36.1 Å². The molecule has 2 aliphatic rings. The molecule has 138 valence electrons. The van der Waals surface area contributed by atoms with Gasteiger partial charge in [0.05, 0.1) is 11.1 Å². The summed E-state index contributed by atoms with van der Waals surface area (Å²) in [6.07, 6.45) is 18.1. The van der Waals surface area contributed by atoms with E-state index in [1.807, 2.05) is 0 Å². The summed E-state index contributed by atoms with van der Waals surface area (Å²) in [5.74, 6) is 0.652. The molecule has 2 amide bonds. The lowest BCUT2D eigenvalue weighted by Crippen LogP contribution is -2.31. The number of nitrogens with one attached hydrogen (secondary N) is 2. The average Bonchev–Trinajstić information content (AvgIpc) is 2.72. The van der Waals surface area contributed by atoms with E-state index < -0.39 is 0 Å². The van der Waals surface area contributed by atoms with Gasteiger partial charge in [0.15, 0.2) is 0 Å². The van der Waals surface area contributed by atoms with Crippen molar-refractivity contribution in [2.45, 2.75) is 38.5 Å². The highest BCUT2D eigenvalue weighted by Gasteiger charge is 2.16. The summed E-state index contributed by atoms with van der Waals surface area (Å²) < 4.78 is 0. The van der Waals surface area contributed by atoms with Crippen LogP contribution in [-0.2, 0) is 0 Å². The highest BCUT2D eigenvalue weighted by molar-refractivity contribution is 5.99. The Hall–Kier alpha value is -2.43. The van der Waals surface area contributed by atoms with Gasteiger partial charge in [-0.25, -0.2) is 0 Å². The number of allylic oxidation sites excluding steroid dienone is 4. The van der Waals surface area contributed by atoms with Crippen LogP contribution in [0.25, 0.3) is 0 Å². The first-order valence-electron chi connectivity index (χ1n) is 9.54. The molecule has 0 bridgehead atoms. The summed E-state index contributed by atoms with van der Waals surface area (Å²) in [5.41, 5.74) is 0.870. The van der Waals surface area contributed by atoms with Crippen LogP contribution in [0.5, 0.6) is 0 Å². The molecule has 2 aliphatic carbocycles. The first-order valence-corrected chi connectivity index (χ1v) is 9.54. The fourth-order valence-corrected chi connectivity index (χ4v) is 3.45. The van der Waals surface area contributed by atoms with Crippen LogP contribution in [0.3, 0.4) is 0 Å². The second kappa shape index (κ2) is 9.32. The maximum Gasteiger partial charge on any atom is 0.252 e. The molecule has 3 rings (SSSR count). The summed E-state index contributed by atoms with van der Waals surface area (Å²) in [5, 5.41) is 5.93. The maximum atomic E-state index is 12.4. The molecule has 1 heterocycles. The Bertz CT molecular complexity index is 641. The normalized spacial score (nSPS) is 22.0. The zero-order valence-corrected chi connectivity index (χ0v) is 15.1. The van der Waals surface area contributed by atoms with Gasteiger partial charge in [0.25, 0.3) is 11.8 Å². The standard InChI is InChI=1S/C21H27N3O2/c25-20(23-12-16-7-3-1-4-8-16)18-11-19(15-22-14-18)21(26)24-13-17-9-5-2-6-10-17/h1-3,5,11,14-17H,4,6-10,12-13H2,(H,23,25)(H,24,26)/t16-,17+. The van der Waals surface area contributed by atoms with Gasteiger partial charge in [0.1, 0.15) is 0 Å². The van der Waals surface area contributed by atoms with Gasteiger partial charge in [-0.1, -0.05) is 24.3 Å². The van der Waals surface area contributed by atoms with Gasteiger partial charge < -0.3 is 10.6 Å². The quantitative estimate of drug-likeness (QED) is 0.771. The number of amides is 2.